The summed E-state index contributed by atoms with van der Waals surface area (Å²) in [5.41, 5.74) is 1.77. The largest absolute Gasteiger partial charge is 0.454 e. The Hall–Kier alpha value is -2.38. The fraction of sp³-hybridized carbons (Fsp3) is 0.684. The Bertz CT molecular complexity index is 1370. The molecule has 1 aromatic carbocycles. The van der Waals surface area contributed by atoms with Gasteiger partial charge in [0.1, 0.15) is 0 Å². The number of hydrogen-bond donors (Lipinski definition) is 0. The first-order chi connectivity index (χ1) is 22.4. The summed E-state index contributed by atoms with van der Waals surface area (Å²) in [5.74, 6) is 1.46. The van der Waals surface area contributed by atoms with E-state index in [1.54, 1.807) is 0 Å². The number of carbonyl (C=O) groups is 4. The van der Waals surface area contributed by atoms with Crippen LogP contribution in [-0.2, 0) is 35.1 Å². The smallest absolute Gasteiger partial charge is 0.345 e. The highest BCUT2D eigenvalue weighted by Gasteiger charge is 2.68. The SMILES string of the molecule is CC(=O)[C@@]1(OC(=O)COC(=O)CCCc2ccc(N(CCCl)CCCl)cc2)CC[C@H]2[C@@H]3C[C@H](C)C4=CC(=O)CC[C@]4(C)[C@H]3CC[C@@]21C. The molecule has 0 radical (unpaired) electrons. The number of halogens is 2. The van der Waals surface area contributed by atoms with E-state index < -0.39 is 29.6 Å². The molecular weight excluding hydrogens is 637 g/mol. The zero-order valence-corrected chi connectivity index (χ0v) is 30.0. The first-order valence-corrected chi connectivity index (χ1v) is 18.5. The second-order valence-corrected chi connectivity index (χ2v) is 15.7. The molecule has 258 valence electrons. The molecule has 9 heteroatoms. The second kappa shape index (κ2) is 14.6. The van der Waals surface area contributed by atoms with Gasteiger partial charge in [-0.3, -0.25) is 14.4 Å². The average molecular weight is 689 g/mol. The number of ether oxygens (including phenoxy) is 2. The monoisotopic (exact) mass is 687 g/mol. The Labute approximate surface area is 290 Å². The number of carbonyl (C=O) groups excluding carboxylic acids is 4. The number of anilines is 1. The third-order valence-corrected chi connectivity index (χ3v) is 12.8. The summed E-state index contributed by atoms with van der Waals surface area (Å²) >= 11 is 11.8. The Kier molecular flexibility index (Phi) is 11.2. The number of alkyl halides is 2. The van der Waals surface area contributed by atoms with Crippen molar-refractivity contribution in [2.24, 2.45) is 34.5 Å². The maximum atomic E-state index is 13.4. The Morgan fingerprint density at radius 1 is 0.957 bits per heavy atom. The lowest BCUT2D eigenvalue weighted by Crippen LogP contribution is -2.59. The van der Waals surface area contributed by atoms with Crippen molar-refractivity contribution in [2.75, 3.05) is 36.4 Å². The maximum Gasteiger partial charge on any atom is 0.345 e. The number of allylic oxidation sites excluding steroid dienone is 1. The first kappa shape index (κ1) is 35.9. The minimum absolute atomic E-state index is 0.00303. The molecule has 5 rings (SSSR count). The van der Waals surface area contributed by atoms with E-state index in [1.165, 1.54) is 12.5 Å². The summed E-state index contributed by atoms with van der Waals surface area (Å²) in [6.07, 6.45) is 8.91. The van der Waals surface area contributed by atoms with Crippen LogP contribution < -0.4 is 4.90 Å². The van der Waals surface area contributed by atoms with E-state index in [0.29, 0.717) is 55.2 Å². The van der Waals surface area contributed by atoms with Gasteiger partial charge in [0.2, 0.25) is 0 Å². The van der Waals surface area contributed by atoms with E-state index in [4.69, 9.17) is 32.7 Å². The van der Waals surface area contributed by atoms with Crippen LogP contribution >= 0.6 is 23.2 Å². The zero-order valence-electron chi connectivity index (χ0n) is 28.5. The number of hydrogen-bond acceptors (Lipinski definition) is 7. The van der Waals surface area contributed by atoms with Gasteiger partial charge in [0.25, 0.3) is 0 Å². The molecule has 0 unspecified atom stereocenters. The molecule has 0 heterocycles. The molecule has 4 aliphatic carbocycles. The van der Waals surface area contributed by atoms with Gasteiger partial charge in [0.15, 0.2) is 23.8 Å². The van der Waals surface area contributed by atoms with Crippen LogP contribution in [-0.4, -0.2) is 60.6 Å². The molecule has 7 nitrogen and oxygen atoms in total. The lowest BCUT2D eigenvalue weighted by molar-refractivity contribution is -0.193. The number of esters is 2. The average Bonchev–Trinajstić information content (AvgIpc) is 3.34. The summed E-state index contributed by atoms with van der Waals surface area (Å²) in [6.45, 7) is 9.21. The second-order valence-electron chi connectivity index (χ2n) is 14.9. The zero-order chi connectivity index (χ0) is 34.0. The van der Waals surface area contributed by atoms with Gasteiger partial charge in [-0.2, -0.15) is 0 Å². The molecule has 3 saturated carbocycles. The van der Waals surface area contributed by atoms with Crippen molar-refractivity contribution in [3.8, 4) is 0 Å². The summed E-state index contributed by atoms with van der Waals surface area (Å²) < 4.78 is 11.5. The quantitative estimate of drug-likeness (QED) is 0.157. The molecule has 3 fully saturated rings. The molecule has 47 heavy (non-hydrogen) atoms. The van der Waals surface area contributed by atoms with Gasteiger partial charge in [0.05, 0.1) is 0 Å². The predicted octanol–water partition coefficient (Wildman–Crippen LogP) is 7.49. The minimum atomic E-state index is -1.22. The Balaban J connectivity index is 1.15. The van der Waals surface area contributed by atoms with Crippen molar-refractivity contribution in [1.82, 2.24) is 0 Å². The van der Waals surface area contributed by atoms with Gasteiger partial charge in [-0.1, -0.05) is 38.5 Å². The van der Waals surface area contributed by atoms with Crippen LogP contribution in [0.4, 0.5) is 5.69 Å². The highest BCUT2D eigenvalue weighted by atomic mass is 35.5. The fourth-order valence-electron chi connectivity index (χ4n) is 10.1. The van der Waals surface area contributed by atoms with Crippen molar-refractivity contribution in [3.05, 3.63) is 41.5 Å². The van der Waals surface area contributed by atoms with Gasteiger partial charge in [-0.25, -0.2) is 4.79 Å². The summed E-state index contributed by atoms with van der Waals surface area (Å²) in [5, 5.41) is 0. The van der Waals surface area contributed by atoms with E-state index in [9.17, 15) is 19.2 Å². The molecule has 0 aromatic heterocycles. The molecule has 0 bridgehead atoms. The number of rotatable bonds is 13. The van der Waals surface area contributed by atoms with E-state index >= 15 is 0 Å². The minimum Gasteiger partial charge on any atom is -0.454 e. The molecule has 0 spiro atoms. The van der Waals surface area contributed by atoms with Crippen LogP contribution in [0.15, 0.2) is 35.9 Å². The van der Waals surface area contributed by atoms with Gasteiger partial charge < -0.3 is 14.4 Å². The van der Waals surface area contributed by atoms with Gasteiger partial charge in [-0.05, 0) is 111 Å². The molecule has 7 atom stereocenters. The van der Waals surface area contributed by atoms with Crippen molar-refractivity contribution in [3.63, 3.8) is 0 Å². The molecule has 0 amide bonds. The molecular formula is C38H51Cl2NO6. The van der Waals surface area contributed by atoms with Crippen LogP contribution in [0.5, 0.6) is 0 Å². The van der Waals surface area contributed by atoms with Crippen molar-refractivity contribution in [2.45, 2.75) is 97.5 Å². The summed E-state index contributed by atoms with van der Waals surface area (Å²) in [6, 6.07) is 8.15. The molecule has 1 aromatic rings. The number of Topliss-reactive ketones (excluding diaryl/α,β-unsaturated/α-hetero) is 1. The number of fused-ring (bicyclic) bond motifs is 5. The standard InChI is InChI=1S/C38H51Cl2NO6/c1-25-22-30-31(36(3)15-12-29(43)23-33(25)36)13-16-37(4)32(30)14-17-38(37,26(2)42)47-35(45)24-46-34(44)7-5-6-27-8-10-28(11-9-27)41(20-18-39)21-19-40/h8-11,23,25,30-32H,5-7,12-22,24H2,1-4H3/t25-,30+,31-,32-,36+,37-,38-/m0/s1. The van der Waals surface area contributed by atoms with E-state index in [1.807, 2.05) is 30.3 Å². The summed E-state index contributed by atoms with van der Waals surface area (Å²) in [4.78, 5) is 53.6. The Morgan fingerprint density at radius 2 is 1.64 bits per heavy atom. The number of aryl methyl sites for hydroxylation is 1. The van der Waals surface area contributed by atoms with Crippen LogP contribution in [0.2, 0.25) is 0 Å². The van der Waals surface area contributed by atoms with Crippen molar-refractivity contribution >= 4 is 52.4 Å². The number of nitrogens with zero attached hydrogens (tertiary/aromatic N) is 1. The summed E-state index contributed by atoms with van der Waals surface area (Å²) in [7, 11) is 0. The number of benzene rings is 1. The third kappa shape index (κ3) is 6.90. The highest BCUT2D eigenvalue weighted by Crippen LogP contribution is 2.69. The van der Waals surface area contributed by atoms with Crippen molar-refractivity contribution in [1.29, 1.82) is 0 Å². The predicted molar refractivity (Wildman–Crippen MR) is 185 cm³/mol. The maximum absolute atomic E-state index is 13.4. The van der Waals surface area contributed by atoms with Crippen LogP contribution in [0.3, 0.4) is 0 Å². The van der Waals surface area contributed by atoms with E-state index in [2.05, 4.69) is 25.7 Å². The first-order valence-electron chi connectivity index (χ1n) is 17.5. The van der Waals surface area contributed by atoms with Crippen LogP contribution in [0, 0.1) is 34.5 Å². The normalized spacial score (nSPS) is 32.8. The van der Waals surface area contributed by atoms with Gasteiger partial charge in [0, 0.05) is 48.8 Å². The van der Waals surface area contributed by atoms with Crippen molar-refractivity contribution < 1.29 is 28.7 Å². The fourth-order valence-corrected chi connectivity index (χ4v) is 10.5. The van der Waals surface area contributed by atoms with Gasteiger partial charge in [-0.15, -0.1) is 23.2 Å². The molecule has 4 aliphatic rings. The highest BCUT2D eigenvalue weighted by molar-refractivity contribution is 6.18. The topological polar surface area (TPSA) is 90.0 Å². The third-order valence-electron chi connectivity index (χ3n) is 12.5. The van der Waals surface area contributed by atoms with Crippen LogP contribution in [0.25, 0.3) is 0 Å². The van der Waals surface area contributed by atoms with Crippen LogP contribution in [0.1, 0.15) is 91.0 Å². The van der Waals surface area contributed by atoms with Gasteiger partial charge >= 0.3 is 11.9 Å². The molecule has 0 aliphatic heterocycles. The Morgan fingerprint density at radius 3 is 2.30 bits per heavy atom. The molecule has 0 N–H and O–H groups in total. The lowest BCUT2D eigenvalue weighted by Gasteiger charge is -2.60. The number of ketones is 2. The van der Waals surface area contributed by atoms with E-state index in [-0.39, 0.29) is 29.3 Å². The lowest BCUT2D eigenvalue weighted by atomic mass is 9.44. The molecule has 0 saturated heterocycles. The van der Waals surface area contributed by atoms with E-state index in [0.717, 1.165) is 56.4 Å².